The summed E-state index contributed by atoms with van der Waals surface area (Å²) in [6.07, 6.45) is 0.0376. The molecular formula is C13H20N4O3. The summed E-state index contributed by atoms with van der Waals surface area (Å²) in [7, 11) is 0. The van der Waals surface area contributed by atoms with Crippen LogP contribution in [0.15, 0.2) is 6.07 Å². The first kappa shape index (κ1) is 14.7. The van der Waals surface area contributed by atoms with Crippen LogP contribution < -0.4 is 11.1 Å². The van der Waals surface area contributed by atoms with Crippen molar-refractivity contribution in [1.82, 2.24) is 15.3 Å². The van der Waals surface area contributed by atoms with E-state index in [2.05, 4.69) is 29.1 Å². The van der Waals surface area contributed by atoms with Gasteiger partial charge in [0.25, 0.3) is 5.91 Å². The molecule has 7 nitrogen and oxygen atoms in total. The molecule has 0 aliphatic carbocycles. The number of carbonyl (C=O) groups is 1. The number of carbonyl (C=O) groups excluding carboxylic acids is 1. The van der Waals surface area contributed by atoms with Gasteiger partial charge in [0.2, 0.25) is 5.95 Å². The van der Waals surface area contributed by atoms with Crippen LogP contribution in [0.3, 0.4) is 0 Å². The second-order valence-electron chi connectivity index (χ2n) is 5.39. The van der Waals surface area contributed by atoms with Gasteiger partial charge in [-0.25, -0.2) is 9.97 Å². The Labute approximate surface area is 117 Å². The van der Waals surface area contributed by atoms with Crippen molar-refractivity contribution in [2.75, 3.05) is 18.9 Å². The number of ether oxygens (including phenoxy) is 1. The second-order valence-corrected chi connectivity index (χ2v) is 5.39. The van der Waals surface area contributed by atoms with E-state index in [0.29, 0.717) is 12.5 Å². The van der Waals surface area contributed by atoms with Crippen molar-refractivity contribution in [3.05, 3.63) is 17.5 Å². The Morgan fingerprint density at radius 2 is 2.30 bits per heavy atom. The standard InChI is InChI=1S/C13H20N4O3/c1-7(2)3-8-4-9(17-13(14)15-8)12(19)16-10-5-20-6-11(10)18/h4,7,10-11,18H,3,5-6H2,1-2H3,(H,16,19)(H2,14,15,17)/t10-,11-/m0/s1. The van der Waals surface area contributed by atoms with E-state index in [1.807, 2.05) is 0 Å². The Morgan fingerprint density at radius 3 is 2.90 bits per heavy atom. The fourth-order valence-electron chi connectivity index (χ4n) is 2.08. The Balaban J connectivity index is 2.10. The maximum atomic E-state index is 12.1. The van der Waals surface area contributed by atoms with E-state index in [1.54, 1.807) is 6.07 Å². The van der Waals surface area contributed by atoms with E-state index < -0.39 is 12.1 Å². The Hall–Kier alpha value is -1.73. The van der Waals surface area contributed by atoms with Crippen molar-refractivity contribution >= 4 is 11.9 Å². The van der Waals surface area contributed by atoms with Crippen molar-refractivity contribution < 1.29 is 14.6 Å². The topological polar surface area (TPSA) is 110 Å². The molecule has 1 aromatic rings. The van der Waals surface area contributed by atoms with Gasteiger partial charge in [0.15, 0.2) is 0 Å². The first-order valence-electron chi connectivity index (χ1n) is 6.66. The summed E-state index contributed by atoms with van der Waals surface area (Å²) < 4.78 is 5.08. The molecule has 1 saturated heterocycles. The molecule has 0 unspecified atom stereocenters. The summed E-state index contributed by atoms with van der Waals surface area (Å²) in [5.41, 5.74) is 6.58. The van der Waals surface area contributed by atoms with E-state index in [4.69, 9.17) is 10.5 Å². The lowest BCUT2D eigenvalue weighted by Gasteiger charge is -2.14. The average molecular weight is 280 g/mol. The molecule has 0 bridgehead atoms. The molecule has 1 aliphatic heterocycles. The zero-order valence-corrected chi connectivity index (χ0v) is 11.7. The summed E-state index contributed by atoms with van der Waals surface area (Å²) in [5.74, 6) is 0.112. The molecule has 0 aromatic carbocycles. The molecule has 1 fully saturated rings. The van der Waals surface area contributed by atoms with Crippen molar-refractivity contribution in [2.45, 2.75) is 32.4 Å². The molecule has 1 aliphatic rings. The maximum absolute atomic E-state index is 12.1. The zero-order chi connectivity index (χ0) is 14.7. The van der Waals surface area contributed by atoms with Gasteiger partial charge in [0.1, 0.15) is 5.69 Å². The lowest BCUT2D eigenvalue weighted by Crippen LogP contribution is -2.42. The third-order valence-electron chi connectivity index (χ3n) is 3.01. The van der Waals surface area contributed by atoms with Crippen LogP contribution in [0.2, 0.25) is 0 Å². The number of nitrogens with zero attached hydrogens (tertiary/aromatic N) is 2. The Morgan fingerprint density at radius 1 is 1.55 bits per heavy atom. The molecule has 0 spiro atoms. The summed E-state index contributed by atoms with van der Waals surface area (Å²) in [4.78, 5) is 20.2. The highest BCUT2D eigenvalue weighted by Crippen LogP contribution is 2.10. The van der Waals surface area contributed by atoms with Gasteiger partial charge in [-0.2, -0.15) is 0 Å². The zero-order valence-electron chi connectivity index (χ0n) is 11.7. The minimum atomic E-state index is -0.687. The predicted octanol–water partition coefficient (Wildman–Crippen LogP) is -0.253. The summed E-state index contributed by atoms with van der Waals surface area (Å²) >= 11 is 0. The van der Waals surface area contributed by atoms with Crippen LogP contribution in [-0.4, -0.2) is 46.3 Å². The van der Waals surface area contributed by atoms with Crippen molar-refractivity contribution in [1.29, 1.82) is 0 Å². The van der Waals surface area contributed by atoms with Crippen LogP contribution in [0.1, 0.15) is 30.0 Å². The Kier molecular flexibility index (Phi) is 4.51. The maximum Gasteiger partial charge on any atom is 0.270 e. The summed E-state index contributed by atoms with van der Waals surface area (Å²) in [6, 6.07) is 1.22. The van der Waals surface area contributed by atoms with Gasteiger partial charge in [0, 0.05) is 5.69 Å². The van der Waals surface area contributed by atoms with Crippen LogP contribution in [0.5, 0.6) is 0 Å². The number of nitrogens with one attached hydrogen (secondary N) is 1. The van der Waals surface area contributed by atoms with Crippen LogP contribution in [0.4, 0.5) is 5.95 Å². The number of rotatable bonds is 4. The second kappa shape index (κ2) is 6.15. The predicted molar refractivity (Wildman–Crippen MR) is 73.1 cm³/mol. The third kappa shape index (κ3) is 3.64. The first-order chi connectivity index (χ1) is 9.45. The highest BCUT2D eigenvalue weighted by Gasteiger charge is 2.28. The largest absolute Gasteiger partial charge is 0.388 e. The van der Waals surface area contributed by atoms with Gasteiger partial charge in [0.05, 0.1) is 25.4 Å². The fourth-order valence-corrected chi connectivity index (χ4v) is 2.08. The van der Waals surface area contributed by atoms with E-state index in [0.717, 1.165) is 12.1 Å². The highest BCUT2D eigenvalue weighted by atomic mass is 16.5. The van der Waals surface area contributed by atoms with Crippen LogP contribution in [-0.2, 0) is 11.2 Å². The summed E-state index contributed by atoms with van der Waals surface area (Å²) in [6.45, 7) is 4.65. The van der Waals surface area contributed by atoms with Gasteiger partial charge < -0.3 is 20.9 Å². The van der Waals surface area contributed by atoms with Gasteiger partial charge in [-0.1, -0.05) is 13.8 Å². The van der Waals surface area contributed by atoms with E-state index in [9.17, 15) is 9.90 Å². The number of aliphatic hydroxyl groups is 1. The van der Waals surface area contributed by atoms with Crippen molar-refractivity contribution in [3.8, 4) is 0 Å². The molecule has 0 radical (unpaired) electrons. The summed E-state index contributed by atoms with van der Waals surface area (Å²) in [5, 5.41) is 12.3. The lowest BCUT2D eigenvalue weighted by molar-refractivity contribution is 0.0881. The molecule has 20 heavy (non-hydrogen) atoms. The SMILES string of the molecule is CC(C)Cc1cc(C(=O)N[C@H]2COC[C@@H]2O)nc(N)n1. The molecule has 4 N–H and O–H groups in total. The number of nitrogen functional groups attached to an aromatic ring is 1. The van der Waals surface area contributed by atoms with Gasteiger partial charge in [-0.15, -0.1) is 0 Å². The van der Waals surface area contributed by atoms with Crippen LogP contribution in [0, 0.1) is 5.92 Å². The quantitative estimate of drug-likeness (QED) is 0.701. The molecule has 7 heteroatoms. The van der Waals surface area contributed by atoms with E-state index >= 15 is 0 Å². The number of nitrogens with two attached hydrogens (primary N) is 1. The average Bonchev–Trinajstić information content (AvgIpc) is 2.73. The van der Waals surface area contributed by atoms with Crippen molar-refractivity contribution in [2.24, 2.45) is 5.92 Å². The van der Waals surface area contributed by atoms with Gasteiger partial charge in [-0.3, -0.25) is 4.79 Å². The number of hydrogen-bond donors (Lipinski definition) is 3. The molecular weight excluding hydrogens is 260 g/mol. The Bertz CT molecular complexity index is 493. The molecule has 1 aromatic heterocycles. The molecule has 2 atom stereocenters. The van der Waals surface area contributed by atoms with Gasteiger partial charge >= 0.3 is 0 Å². The van der Waals surface area contributed by atoms with Crippen molar-refractivity contribution in [3.63, 3.8) is 0 Å². The smallest absolute Gasteiger partial charge is 0.270 e. The number of anilines is 1. The van der Waals surface area contributed by atoms with E-state index in [-0.39, 0.29) is 24.2 Å². The third-order valence-corrected chi connectivity index (χ3v) is 3.01. The molecule has 0 saturated carbocycles. The molecule has 2 rings (SSSR count). The number of amides is 1. The van der Waals surface area contributed by atoms with E-state index in [1.165, 1.54) is 0 Å². The normalized spacial score (nSPS) is 22.2. The minimum Gasteiger partial charge on any atom is -0.388 e. The molecule has 1 amide bonds. The number of hydrogen-bond acceptors (Lipinski definition) is 6. The lowest BCUT2D eigenvalue weighted by atomic mass is 10.1. The molecule has 110 valence electrons. The van der Waals surface area contributed by atoms with Gasteiger partial charge in [-0.05, 0) is 18.4 Å². The first-order valence-corrected chi connectivity index (χ1v) is 6.66. The van der Waals surface area contributed by atoms with Crippen LogP contribution in [0.25, 0.3) is 0 Å². The molecule has 2 heterocycles. The fraction of sp³-hybridized carbons (Fsp3) is 0.615. The van der Waals surface area contributed by atoms with Crippen LogP contribution >= 0.6 is 0 Å². The number of aromatic nitrogens is 2. The monoisotopic (exact) mass is 280 g/mol. The number of aliphatic hydroxyl groups excluding tert-OH is 1. The minimum absolute atomic E-state index is 0.0801. The highest BCUT2D eigenvalue weighted by molar-refractivity contribution is 5.92.